The van der Waals surface area contributed by atoms with E-state index in [0.717, 1.165) is 22.2 Å². The number of rotatable bonds is 8. The van der Waals surface area contributed by atoms with E-state index in [1.165, 1.54) is 17.3 Å². The SMILES string of the molecule is COc1ccccc1OCCN1C(=O)S/C(=C\c2cn(S(=O)(=O)c3ccc(C)cc3)c3ccccc23)C1=O. The zero-order valence-corrected chi connectivity index (χ0v) is 22.3. The smallest absolute Gasteiger partial charge is 0.293 e. The van der Waals surface area contributed by atoms with E-state index in [2.05, 4.69) is 0 Å². The zero-order chi connectivity index (χ0) is 26.9. The van der Waals surface area contributed by atoms with Crippen molar-refractivity contribution in [1.82, 2.24) is 8.87 Å². The third-order valence-corrected chi connectivity index (χ3v) is 8.68. The van der Waals surface area contributed by atoms with Gasteiger partial charge in [0.15, 0.2) is 11.5 Å². The topological polar surface area (TPSA) is 94.9 Å². The maximum Gasteiger partial charge on any atom is 0.293 e. The molecule has 1 saturated heterocycles. The normalized spacial score (nSPS) is 15.0. The molecule has 10 heteroatoms. The zero-order valence-electron chi connectivity index (χ0n) is 20.7. The Morgan fingerprint density at radius 2 is 1.61 bits per heavy atom. The molecule has 0 bridgehead atoms. The van der Waals surface area contributed by atoms with Crippen LogP contribution in [-0.2, 0) is 14.8 Å². The second-order valence-electron chi connectivity index (χ2n) is 8.55. The first kappa shape index (κ1) is 25.6. The first-order chi connectivity index (χ1) is 18.3. The van der Waals surface area contributed by atoms with Crippen LogP contribution in [-0.4, -0.2) is 48.7 Å². The Morgan fingerprint density at radius 3 is 2.34 bits per heavy atom. The third-order valence-electron chi connectivity index (χ3n) is 6.09. The number of ether oxygens (including phenoxy) is 2. The molecule has 3 aromatic carbocycles. The molecule has 0 unspecified atom stereocenters. The highest BCUT2D eigenvalue weighted by molar-refractivity contribution is 8.18. The molecule has 8 nitrogen and oxygen atoms in total. The summed E-state index contributed by atoms with van der Waals surface area (Å²) in [6.07, 6.45) is 3.05. The van der Waals surface area contributed by atoms with Crippen LogP contribution in [0.4, 0.5) is 4.79 Å². The first-order valence-electron chi connectivity index (χ1n) is 11.7. The Kier molecular flexibility index (Phi) is 7.00. The lowest BCUT2D eigenvalue weighted by Crippen LogP contribution is -2.32. The van der Waals surface area contributed by atoms with Crippen molar-refractivity contribution < 1.29 is 27.5 Å². The number of carbonyl (C=O) groups excluding carboxylic acids is 2. The summed E-state index contributed by atoms with van der Waals surface area (Å²) < 4.78 is 39.1. The molecule has 1 fully saturated rings. The van der Waals surface area contributed by atoms with E-state index in [1.54, 1.807) is 72.8 Å². The number of imide groups is 1. The van der Waals surface area contributed by atoms with Gasteiger partial charge >= 0.3 is 0 Å². The van der Waals surface area contributed by atoms with Crippen LogP contribution in [0.25, 0.3) is 17.0 Å². The molecule has 38 heavy (non-hydrogen) atoms. The fourth-order valence-electron chi connectivity index (χ4n) is 4.13. The molecule has 1 aliphatic heterocycles. The van der Waals surface area contributed by atoms with E-state index in [-0.39, 0.29) is 23.0 Å². The van der Waals surface area contributed by atoms with Gasteiger partial charge in [-0.15, -0.1) is 0 Å². The second kappa shape index (κ2) is 10.4. The Balaban J connectivity index is 1.41. The van der Waals surface area contributed by atoms with Crippen molar-refractivity contribution >= 4 is 49.9 Å². The first-order valence-corrected chi connectivity index (χ1v) is 14.0. The highest BCUT2D eigenvalue weighted by Crippen LogP contribution is 2.35. The minimum Gasteiger partial charge on any atom is -0.493 e. The fraction of sp³-hybridized carbons (Fsp3) is 0.143. The standard InChI is InChI=1S/C28H24N2O6S2/c1-19-11-13-21(14-12-19)38(33,34)30-18-20(22-7-3-4-8-23(22)30)17-26-27(31)29(28(32)37-26)15-16-36-25-10-6-5-9-24(25)35-2/h3-14,17-18H,15-16H2,1-2H3/b26-17-. The Morgan fingerprint density at radius 1 is 0.921 bits per heavy atom. The monoisotopic (exact) mass is 548 g/mol. The third kappa shape index (κ3) is 4.80. The van der Waals surface area contributed by atoms with Gasteiger partial charge in [0.25, 0.3) is 21.2 Å². The number of aromatic nitrogens is 1. The number of hydrogen-bond acceptors (Lipinski definition) is 7. The molecule has 1 aliphatic rings. The van der Waals surface area contributed by atoms with Crippen molar-refractivity contribution in [3.05, 3.63) is 95.0 Å². The van der Waals surface area contributed by atoms with Crippen LogP contribution in [0.15, 0.2) is 88.8 Å². The number of para-hydroxylation sites is 3. The molecule has 0 radical (unpaired) electrons. The quantitative estimate of drug-likeness (QED) is 0.275. The molecule has 0 saturated carbocycles. The Bertz CT molecular complexity index is 1670. The van der Waals surface area contributed by atoms with Crippen LogP contribution in [0.3, 0.4) is 0 Å². The van der Waals surface area contributed by atoms with Crippen molar-refractivity contribution in [2.75, 3.05) is 20.3 Å². The summed E-state index contributed by atoms with van der Waals surface area (Å²) in [6.45, 7) is 2.04. The number of hydrogen-bond donors (Lipinski definition) is 0. The lowest BCUT2D eigenvalue weighted by atomic mass is 10.1. The van der Waals surface area contributed by atoms with Crippen LogP contribution in [0.5, 0.6) is 11.5 Å². The van der Waals surface area contributed by atoms with Gasteiger partial charge in [-0.2, -0.15) is 0 Å². The summed E-state index contributed by atoms with van der Waals surface area (Å²) >= 11 is 0.813. The summed E-state index contributed by atoms with van der Waals surface area (Å²) in [5, 5.41) is 0.232. The van der Waals surface area contributed by atoms with E-state index in [4.69, 9.17) is 9.47 Å². The van der Waals surface area contributed by atoms with Crippen molar-refractivity contribution in [2.24, 2.45) is 0 Å². The van der Waals surface area contributed by atoms with E-state index >= 15 is 0 Å². The van der Waals surface area contributed by atoms with Crippen molar-refractivity contribution in [2.45, 2.75) is 11.8 Å². The van der Waals surface area contributed by atoms with Gasteiger partial charge in [0.2, 0.25) is 0 Å². The average Bonchev–Trinajstić information content (AvgIpc) is 3.42. The molecule has 0 atom stereocenters. The Labute approximate surface area is 224 Å². The van der Waals surface area contributed by atoms with E-state index in [1.807, 2.05) is 13.0 Å². The van der Waals surface area contributed by atoms with Crippen LogP contribution in [0, 0.1) is 6.92 Å². The van der Waals surface area contributed by atoms with Gasteiger partial charge in [-0.3, -0.25) is 14.5 Å². The summed E-state index contributed by atoms with van der Waals surface area (Å²) in [5.41, 5.74) is 1.95. The predicted molar refractivity (Wildman–Crippen MR) is 147 cm³/mol. The van der Waals surface area contributed by atoms with Crippen LogP contribution < -0.4 is 9.47 Å². The van der Waals surface area contributed by atoms with Gasteiger partial charge in [0.1, 0.15) is 6.61 Å². The lowest BCUT2D eigenvalue weighted by molar-refractivity contribution is -0.123. The maximum absolute atomic E-state index is 13.4. The van der Waals surface area contributed by atoms with Gasteiger partial charge < -0.3 is 9.47 Å². The molecule has 194 valence electrons. The average molecular weight is 549 g/mol. The Hall–Kier alpha value is -4.02. The fourth-order valence-corrected chi connectivity index (χ4v) is 6.37. The molecule has 2 amide bonds. The minimum atomic E-state index is -3.88. The van der Waals surface area contributed by atoms with Crippen LogP contribution in [0.2, 0.25) is 0 Å². The second-order valence-corrected chi connectivity index (χ2v) is 11.4. The molecule has 0 N–H and O–H groups in total. The minimum absolute atomic E-state index is 0.0591. The van der Waals surface area contributed by atoms with Crippen molar-refractivity contribution in [3.8, 4) is 11.5 Å². The van der Waals surface area contributed by atoms with Crippen molar-refractivity contribution in [1.29, 1.82) is 0 Å². The molecular formula is C28H24N2O6S2. The van der Waals surface area contributed by atoms with Crippen molar-refractivity contribution in [3.63, 3.8) is 0 Å². The molecule has 1 aromatic heterocycles. The number of nitrogens with zero attached hydrogens (tertiary/aromatic N) is 2. The molecular weight excluding hydrogens is 524 g/mol. The largest absolute Gasteiger partial charge is 0.493 e. The van der Waals surface area contributed by atoms with E-state index in [0.29, 0.717) is 28.0 Å². The van der Waals surface area contributed by atoms with Crippen LogP contribution >= 0.6 is 11.8 Å². The number of carbonyl (C=O) groups is 2. The number of aryl methyl sites for hydroxylation is 1. The molecule has 5 rings (SSSR count). The number of thioether (sulfide) groups is 1. The summed E-state index contributed by atoms with van der Waals surface area (Å²) in [5.74, 6) is 0.612. The number of amides is 2. The van der Waals surface area contributed by atoms with Gasteiger partial charge in [0.05, 0.1) is 29.0 Å². The summed E-state index contributed by atoms with van der Waals surface area (Å²) in [6, 6.07) is 20.8. The predicted octanol–water partition coefficient (Wildman–Crippen LogP) is 5.31. The molecule has 0 spiro atoms. The lowest BCUT2D eigenvalue weighted by Gasteiger charge is -2.14. The molecule has 0 aliphatic carbocycles. The van der Waals surface area contributed by atoms with E-state index < -0.39 is 21.2 Å². The van der Waals surface area contributed by atoms with Gasteiger partial charge in [-0.1, -0.05) is 48.0 Å². The van der Waals surface area contributed by atoms with E-state index in [9.17, 15) is 18.0 Å². The number of benzene rings is 3. The number of methoxy groups -OCH3 is 1. The van der Waals surface area contributed by atoms with Gasteiger partial charge in [-0.05, 0) is 55.1 Å². The highest BCUT2D eigenvalue weighted by Gasteiger charge is 2.35. The number of fused-ring (bicyclic) bond motifs is 1. The molecule has 2 heterocycles. The molecule has 4 aromatic rings. The summed E-state index contributed by atoms with van der Waals surface area (Å²) in [7, 11) is -2.35. The maximum atomic E-state index is 13.4. The van der Waals surface area contributed by atoms with Gasteiger partial charge in [0, 0.05) is 17.1 Å². The highest BCUT2D eigenvalue weighted by atomic mass is 32.2. The van der Waals surface area contributed by atoms with Gasteiger partial charge in [-0.25, -0.2) is 12.4 Å². The summed E-state index contributed by atoms with van der Waals surface area (Å²) in [4.78, 5) is 27.2. The van der Waals surface area contributed by atoms with Crippen LogP contribution in [0.1, 0.15) is 11.1 Å².